The number of phenols is 2. The molecule has 290 valence electrons. The first-order valence-corrected chi connectivity index (χ1v) is 18.8. The fourth-order valence-electron chi connectivity index (χ4n) is 6.67. The van der Waals surface area contributed by atoms with Crippen molar-refractivity contribution in [3.63, 3.8) is 0 Å². The lowest BCUT2D eigenvalue weighted by Crippen LogP contribution is -2.41. The number of hydrogen-bond acceptors (Lipinski definition) is 10. The molecule has 11 heteroatoms. The molecule has 2 aliphatic heterocycles. The van der Waals surface area contributed by atoms with E-state index in [0.717, 1.165) is 94.5 Å². The molecule has 0 atom stereocenters. The molecule has 53 heavy (non-hydrogen) atoms. The molecule has 1 saturated heterocycles. The number of aromatic hydroxyl groups is 2. The average Bonchev–Trinajstić information content (AvgIpc) is 3.14. The predicted molar refractivity (Wildman–Crippen MR) is 209 cm³/mol. The van der Waals surface area contributed by atoms with E-state index in [2.05, 4.69) is 85.6 Å². The second-order valence-electron chi connectivity index (χ2n) is 15.0. The van der Waals surface area contributed by atoms with Crippen LogP contribution >= 0.6 is 0 Å². The Hall–Kier alpha value is -4.00. The summed E-state index contributed by atoms with van der Waals surface area (Å²) in [7, 11) is 4.24. The summed E-state index contributed by atoms with van der Waals surface area (Å²) in [6, 6.07) is 19.9. The van der Waals surface area contributed by atoms with E-state index in [1.807, 2.05) is 24.3 Å². The first kappa shape index (κ1) is 41.8. The Kier molecular flexibility index (Phi) is 16.1. The number of likely N-dealkylation sites (N-methyl/N-ethyl adjacent to an activating group) is 1. The highest BCUT2D eigenvalue weighted by atomic mass is 16.5. The van der Waals surface area contributed by atoms with Gasteiger partial charge in [-0.15, -0.1) is 0 Å². The molecule has 11 nitrogen and oxygen atoms in total. The van der Waals surface area contributed by atoms with E-state index in [1.54, 1.807) is 6.07 Å². The number of rotatable bonds is 17. The van der Waals surface area contributed by atoms with Crippen molar-refractivity contribution in [3.8, 4) is 17.2 Å². The maximum atomic E-state index is 11.4. The molecule has 3 aromatic carbocycles. The van der Waals surface area contributed by atoms with Gasteiger partial charge in [0.1, 0.15) is 23.5 Å². The van der Waals surface area contributed by atoms with Crippen LogP contribution < -0.4 is 15.4 Å². The van der Waals surface area contributed by atoms with Gasteiger partial charge in [-0.1, -0.05) is 48.5 Å². The molecule has 1 fully saturated rings. The van der Waals surface area contributed by atoms with Crippen LogP contribution in [0.25, 0.3) is 0 Å². The Morgan fingerprint density at radius 3 is 2.42 bits per heavy atom. The lowest BCUT2D eigenvalue weighted by Gasteiger charge is -2.42. The highest BCUT2D eigenvalue weighted by Gasteiger charge is 2.39. The van der Waals surface area contributed by atoms with Crippen LogP contribution in [0.1, 0.15) is 62.3 Å². The van der Waals surface area contributed by atoms with Crippen LogP contribution in [0, 0.1) is 0 Å². The predicted octanol–water partition coefficient (Wildman–Crippen LogP) is 5.15. The van der Waals surface area contributed by atoms with Crippen LogP contribution in [-0.4, -0.2) is 118 Å². The smallest absolute Gasteiger partial charge is 0.262 e. The quantitative estimate of drug-likeness (QED) is 0.0839. The largest absolute Gasteiger partial charge is 0.508 e. The van der Waals surface area contributed by atoms with Gasteiger partial charge in [0, 0.05) is 37.0 Å². The fraction of sp³-hybridized carbons (Fsp3) is 0.524. The van der Waals surface area contributed by atoms with Crippen LogP contribution in [0.3, 0.4) is 0 Å². The molecule has 0 unspecified atom stereocenters. The summed E-state index contributed by atoms with van der Waals surface area (Å²) in [6.45, 7) is 13.5. The molecule has 1 amide bonds. The number of benzene rings is 3. The van der Waals surface area contributed by atoms with Gasteiger partial charge >= 0.3 is 0 Å². The Labute approximate surface area is 315 Å². The molecule has 4 N–H and O–H groups in total. The summed E-state index contributed by atoms with van der Waals surface area (Å²) >= 11 is 0. The van der Waals surface area contributed by atoms with E-state index in [4.69, 9.17) is 14.2 Å². The standard InChI is InChI=1S/C23H29NO3.C19H31N3O4/c1-24-13-11-23(12-14-24,20-6-3-2-4-7-20)21-18-19(8-9-22(21)26)10-17-27-16-5-15-25;1-19(2,3)26-12-11-22(4)10-9-20-8-7-14-5-6-15(23)17-18(14)25-13-16(24)21-17/h2-4,6-9,15,18,26H,5,10-14,16-17H2,1H3;5-6,20,23H,7-13H2,1-4H3,(H,21,24). The number of likely N-dealkylation sites (tertiary alicyclic amines) is 1. The maximum Gasteiger partial charge on any atom is 0.262 e. The summed E-state index contributed by atoms with van der Waals surface area (Å²) < 4.78 is 16.7. The van der Waals surface area contributed by atoms with Crippen LogP contribution in [0.5, 0.6) is 17.2 Å². The number of piperidine rings is 1. The van der Waals surface area contributed by atoms with E-state index in [9.17, 15) is 19.8 Å². The highest BCUT2D eigenvalue weighted by Crippen LogP contribution is 2.45. The van der Waals surface area contributed by atoms with Gasteiger partial charge in [0.25, 0.3) is 5.91 Å². The van der Waals surface area contributed by atoms with Gasteiger partial charge in [0.2, 0.25) is 0 Å². The Bertz CT molecular complexity index is 1590. The summed E-state index contributed by atoms with van der Waals surface area (Å²) in [6.07, 6.45) is 4.82. The van der Waals surface area contributed by atoms with Gasteiger partial charge in [-0.3, -0.25) is 4.79 Å². The van der Waals surface area contributed by atoms with E-state index in [0.29, 0.717) is 36.8 Å². The topological polar surface area (TPSA) is 133 Å². The molecular formula is C42H60N4O7. The van der Waals surface area contributed by atoms with Gasteiger partial charge in [0.05, 0.1) is 25.4 Å². The van der Waals surface area contributed by atoms with Crippen LogP contribution in [0.15, 0.2) is 60.7 Å². The molecule has 3 aromatic rings. The normalized spacial score (nSPS) is 15.5. The minimum Gasteiger partial charge on any atom is -0.508 e. The maximum absolute atomic E-state index is 11.4. The molecule has 0 aliphatic carbocycles. The van der Waals surface area contributed by atoms with Crippen molar-refractivity contribution >= 4 is 17.9 Å². The minimum absolute atomic E-state index is 0.0156. The average molecular weight is 733 g/mol. The number of nitrogens with one attached hydrogen (secondary N) is 2. The van der Waals surface area contributed by atoms with E-state index in [-0.39, 0.29) is 29.3 Å². The van der Waals surface area contributed by atoms with Gasteiger partial charge < -0.3 is 49.7 Å². The third-order valence-electron chi connectivity index (χ3n) is 9.74. The summed E-state index contributed by atoms with van der Waals surface area (Å²) in [4.78, 5) is 26.4. The summed E-state index contributed by atoms with van der Waals surface area (Å²) in [5.74, 6) is 0.724. The zero-order chi connectivity index (χ0) is 38.3. The number of aldehydes is 1. The first-order chi connectivity index (χ1) is 25.4. The number of hydrogen-bond donors (Lipinski definition) is 4. The molecule has 2 aliphatic rings. The van der Waals surface area contributed by atoms with Crippen molar-refractivity contribution in [3.05, 3.63) is 82.9 Å². The van der Waals surface area contributed by atoms with Crippen molar-refractivity contribution < 1.29 is 34.0 Å². The molecular weight excluding hydrogens is 672 g/mol. The lowest BCUT2D eigenvalue weighted by atomic mass is 9.67. The lowest BCUT2D eigenvalue weighted by molar-refractivity contribution is -0.118. The van der Waals surface area contributed by atoms with E-state index in [1.165, 1.54) is 5.56 Å². The Balaban J connectivity index is 0.000000237. The van der Waals surface area contributed by atoms with Gasteiger partial charge in [-0.2, -0.15) is 0 Å². The van der Waals surface area contributed by atoms with Crippen molar-refractivity contribution in [2.24, 2.45) is 0 Å². The van der Waals surface area contributed by atoms with E-state index >= 15 is 0 Å². The fourth-order valence-corrected chi connectivity index (χ4v) is 6.67. The number of carbonyl (C=O) groups excluding carboxylic acids is 2. The van der Waals surface area contributed by atoms with Crippen molar-refractivity contribution in [1.29, 1.82) is 0 Å². The first-order valence-electron chi connectivity index (χ1n) is 18.8. The SMILES string of the molecule is CN(CCNCCc1ccc(O)c2c1OCC(=O)N2)CCOC(C)(C)C.CN1CCC(c2ccccc2)(c2cc(CCOCCC=O)ccc2O)CC1. The molecule has 0 bridgehead atoms. The zero-order valence-electron chi connectivity index (χ0n) is 32.3. The molecule has 2 heterocycles. The van der Waals surface area contributed by atoms with Crippen molar-refractivity contribution in [2.75, 3.05) is 85.1 Å². The second-order valence-corrected chi connectivity index (χ2v) is 15.0. The van der Waals surface area contributed by atoms with Crippen molar-refractivity contribution in [1.82, 2.24) is 15.1 Å². The molecule has 0 aromatic heterocycles. The van der Waals surface area contributed by atoms with Crippen LogP contribution in [0.4, 0.5) is 5.69 Å². The summed E-state index contributed by atoms with van der Waals surface area (Å²) in [5.41, 5.74) is 4.54. The van der Waals surface area contributed by atoms with Crippen LogP contribution in [-0.2, 0) is 37.3 Å². The van der Waals surface area contributed by atoms with Gasteiger partial charge in [-0.25, -0.2) is 0 Å². The zero-order valence-corrected chi connectivity index (χ0v) is 32.3. The number of fused-ring (bicyclic) bond motifs is 1. The third-order valence-corrected chi connectivity index (χ3v) is 9.74. The number of carbonyl (C=O) groups is 2. The van der Waals surface area contributed by atoms with Gasteiger partial charge in [-0.05, 0) is 109 Å². The van der Waals surface area contributed by atoms with Crippen LogP contribution in [0.2, 0.25) is 0 Å². The molecule has 0 saturated carbocycles. The number of amides is 1. The summed E-state index contributed by atoms with van der Waals surface area (Å²) in [5, 5.41) is 26.7. The van der Waals surface area contributed by atoms with Crippen molar-refractivity contribution in [2.45, 2.75) is 63.9 Å². The highest BCUT2D eigenvalue weighted by molar-refractivity contribution is 5.97. The number of phenolic OH excluding ortho intramolecular Hbond substituents is 2. The molecule has 0 spiro atoms. The molecule has 5 rings (SSSR count). The molecule has 0 radical (unpaired) electrons. The number of ether oxygens (including phenoxy) is 3. The minimum atomic E-state index is -0.249. The second kappa shape index (κ2) is 20.5. The third kappa shape index (κ3) is 12.8. The Morgan fingerprint density at radius 2 is 1.70 bits per heavy atom. The monoisotopic (exact) mass is 732 g/mol. The van der Waals surface area contributed by atoms with Gasteiger partial charge in [0.15, 0.2) is 12.4 Å². The number of anilines is 1. The number of nitrogens with zero attached hydrogens (tertiary/aromatic N) is 2. The van der Waals surface area contributed by atoms with E-state index < -0.39 is 0 Å². The Morgan fingerprint density at radius 1 is 0.962 bits per heavy atom.